The van der Waals surface area contributed by atoms with Gasteiger partial charge < -0.3 is 9.73 Å². The van der Waals surface area contributed by atoms with Crippen LogP contribution in [0.4, 0.5) is 10.1 Å². The number of anilines is 1. The maximum absolute atomic E-state index is 13.4. The van der Waals surface area contributed by atoms with Crippen molar-refractivity contribution in [1.82, 2.24) is 0 Å². The number of hydrogen-bond donors (Lipinski definition) is 1. The standard InChI is InChI=1S/C13H11BrFNO2/c1-7-3-10(14)11(15)5-12(7)16-13(17)9-4-8(2)18-6-9/h3-6H,1-2H3,(H,16,17). The molecule has 0 fully saturated rings. The maximum Gasteiger partial charge on any atom is 0.258 e. The highest BCUT2D eigenvalue weighted by Crippen LogP contribution is 2.24. The molecule has 1 aromatic heterocycles. The van der Waals surface area contributed by atoms with Gasteiger partial charge in [-0.2, -0.15) is 0 Å². The second kappa shape index (κ2) is 4.94. The molecule has 0 radical (unpaired) electrons. The van der Waals surface area contributed by atoms with Gasteiger partial charge in [0.15, 0.2) is 0 Å². The Kier molecular flexibility index (Phi) is 3.52. The zero-order chi connectivity index (χ0) is 13.3. The molecule has 18 heavy (non-hydrogen) atoms. The summed E-state index contributed by atoms with van der Waals surface area (Å²) in [5.41, 5.74) is 1.63. The SMILES string of the molecule is Cc1cc(C(=O)Nc2cc(F)c(Br)cc2C)co1. The van der Waals surface area contributed by atoms with Crippen LogP contribution in [0.3, 0.4) is 0 Å². The lowest BCUT2D eigenvalue weighted by Crippen LogP contribution is -2.12. The van der Waals surface area contributed by atoms with Crippen LogP contribution in [0.5, 0.6) is 0 Å². The summed E-state index contributed by atoms with van der Waals surface area (Å²) in [4.78, 5) is 11.9. The van der Waals surface area contributed by atoms with E-state index in [1.807, 2.05) is 0 Å². The molecule has 0 aliphatic carbocycles. The van der Waals surface area contributed by atoms with E-state index in [2.05, 4.69) is 21.2 Å². The lowest BCUT2D eigenvalue weighted by molar-refractivity contribution is 0.102. The van der Waals surface area contributed by atoms with Gasteiger partial charge in [0.05, 0.1) is 10.0 Å². The monoisotopic (exact) mass is 311 g/mol. The Bertz CT molecular complexity index is 607. The first-order valence-corrected chi connectivity index (χ1v) is 6.09. The summed E-state index contributed by atoms with van der Waals surface area (Å²) in [6.07, 6.45) is 1.37. The molecule has 2 aromatic rings. The van der Waals surface area contributed by atoms with E-state index in [1.165, 1.54) is 12.3 Å². The minimum absolute atomic E-state index is 0.323. The van der Waals surface area contributed by atoms with E-state index in [4.69, 9.17) is 4.42 Å². The molecular formula is C13H11BrFNO2. The third-order valence-electron chi connectivity index (χ3n) is 2.51. The van der Waals surface area contributed by atoms with Gasteiger partial charge in [-0.3, -0.25) is 4.79 Å². The number of furan rings is 1. The molecule has 1 aromatic carbocycles. The summed E-state index contributed by atoms with van der Waals surface area (Å²) in [6.45, 7) is 3.54. The average molecular weight is 312 g/mol. The Labute approximate surface area is 112 Å². The Morgan fingerprint density at radius 3 is 2.67 bits per heavy atom. The molecule has 0 saturated carbocycles. The summed E-state index contributed by atoms with van der Waals surface area (Å²) < 4.78 is 18.8. The Hall–Kier alpha value is -1.62. The number of hydrogen-bond acceptors (Lipinski definition) is 2. The molecule has 0 atom stereocenters. The number of rotatable bonds is 2. The Balaban J connectivity index is 2.24. The summed E-state index contributed by atoms with van der Waals surface area (Å²) in [5, 5.41) is 2.65. The van der Waals surface area contributed by atoms with Crippen LogP contribution in [-0.2, 0) is 0 Å². The zero-order valence-electron chi connectivity index (χ0n) is 9.88. The number of amides is 1. The number of halogens is 2. The van der Waals surface area contributed by atoms with E-state index >= 15 is 0 Å². The van der Waals surface area contributed by atoms with Gasteiger partial charge in [0.1, 0.15) is 17.8 Å². The normalized spacial score (nSPS) is 10.4. The molecular weight excluding hydrogens is 301 g/mol. The van der Waals surface area contributed by atoms with Crippen molar-refractivity contribution in [3.63, 3.8) is 0 Å². The van der Waals surface area contributed by atoms with Crippen LogP contribution < -0.4 is 5.32 Å². The van der Waals surface area contributed by atoms with Crippen LogP contribution in [0, 0.1) is 19.7 Å². The first-order valence-electron chi connectivity index (χ1n) is 5.29. The van der Waals surface area contributed by atoms with Crippen molar-refractivity contribution < 1.29 is 13.6 Å². The molecule has 5 heteroatoms. The summed E-state index contributed by atoms with van der Waals surface area (Å²) in [7, 11) is 0. The van der Waals surface area contributed by atoms with E-state index < -0.39 is 5.82 Å². The van der Waals surface area contributed by atoms with Crippen LogP contribution in [0.15, 0.2) is 33.4 Å². The summed E-state index contributed by atoms with van der Waals surface area (Å²) in [6, 6.07) is 4.52. The molecule has 0 bridgehead atoms. The van der Waals surface area contributed by atoms with Crippen LogP contribution in [0.1, 0.15) is 21.7 Å². The van der Waals surface area contributed by atoms with Gasteiger partial charge in [0.25, 0.3) is 5.91 Å². The molecule has 0 unspecified atom stereocenters. The van der Waals surface area contributed by atoms with Crippen LogP contribution in [-0.4, -0.2) is 5.91 Å². The first-order chi connectivity index (χ1) is 8.47. The second-order valence-corrected chi connectivity index (χ2v) is 4.84. The van der Waals surface area contributed by atoms with E-state index in [-0.39, 0.29) is 5.91 Å². The lowest BCUT2D eigenvalue weighted by atomic mass is 10.2. The molecule has 0 spiro atoms. The third-order valence-corrected chi connectivity index (χ3v) is 3.12. The molecule has 3 nitrogen and oxygen atoms in total. The number of carbonyl (C=O) groups is 1. The van der Waals surface area contributed by atoms with E-state index in [0.717, 1.165) is 5.56 Å². The molecule has 2 rings (SSSR count). The maximum atomic E-state index is 13.4. The fourth-order valence-corrected chi connectivity index (χ4v) is 2.00. The van der Waals surface area contributed by atoms with Gasteiger partial charge >= 0.3 is 0 Å². The third kappa shape index (κ3) is 2.61. The number of nitrogens with one attached hydrogen (secondary N) is 1. The largest absolute Gasteiger partial charge is 0.469 e. The van der Waals surface area contributed by atoms with Crippen molar-refractivity contribution >= 4 is 27.5 Å². The van der Waals surface area contributed by atoms with Crippen molar-refractivity contribution in [2.24, 2.45) is 0 Å². The molecule has 1 N–H and O–H groups in total. The van der Waals surface area contributed by atoms with E-state index in [1.54, 1.807) is 26.0 Å². The number of carbonyl (C=O) groups excluding carboxylic acids is 1. The summed E-state index contributed by atoms with van der Waals surface area (Å²) in [5.74, 6) is -0.0881. The highest BCUT2D eigenvalue weighted by Gasteiger charge is 2.12. The highest BCUT2D eigenvalue weighted by atomic mass is 79.9. The van der Waals surface area contributed by atoms with Crippen LogP contribution >= 0.6 is 15.9 Å². The minimum Gasteiger partial charge on any atom is -0.469 e. The lowest BCUT2D eigenvalue weighted by Gasteiger charge is -2.08. The highest BCUT2D eigenvalue weighted by molar-refractivity contribution is 9.10. The molecule has 0 saturated heterocycles. The van der Waals surface area contributed by atoms with Crippen molar-refractivity contribution in [2.75, 3.05) is 5.32 Å². The minimum atomic E-state index is -0.417. The molecule has 1 heterocycles. The smallest absolute Gasteiger partial charge is 0.258 e. The zero-order valence-corrected chi connectivity index (χ0v) is 11.5. The Morgan fingerprint density at radius 1 is 1.33 bits per heavy atom. The van der Waals surface area contributed by atoms with Gasteiger partial charge in [-0.1, -0.05) is 0 Å². The predicted molar refractivity (Wildman–Crippen MR) is 70.2 cm³/mol. The van der Waals surface area contributed by atoms with E-state index in [0.29, 0.717) is 21.5 Å². The molecule has 1 amide bonds. The molecule has 94 valence electrons. The van der Waals surface area contributed by atoms with Crippen LogP contribution in [0.2, 0.25) is 0 Å². The van der Waals surface area contributed by atoms with Crippen LogP contribution in [0.25, 0.3) is 0 Å². The first kappa shape index (κ1) is 12.8. The predicted octanol–water partition coefficient (Wildman–Crippen LogP) is 4.05. The van der Waals surface area contributed by atoms with Gasteiger partial charge in [-0.25, -0.2) is 4.39 Å². The summed E-state index contributed by atoms with van der Waals surface area (Å²) >= 11 is 3.09. The van der Waals surface area contributed by atoms with Gasteiger partial charge in [-0.15, -0.1) is 0 Å². The van der Waals surface area contributed by atoms with Crippen molar-refractivity contribution in [3.8, 4) is 0 Å². The fourth-order valence-electron chi connectivity index (χ4n) is 1.54. The van der Waals surface area contributed by atoms with Gasteiger partial charge in [-0.05, 0) is 53.5 Å². The van der Waals surface area contributed by atoms with Gasteiger partial charge in [0, 0.05) is 5.69 Å². The topological polar surface area (TPSA) is 42.2 Å². The van der Waals surface area contributed by atoms with Crippen molar-refractivity contribution in [1.29, 1.82) is 0 Å². The second-order valence-electron chi connectivity index (χ2n) is 3.98. The number of aryl methyl sites for hydroxylation is 2. The quantitative estimate of drug-likeness (QED) is 0.909. The fraction of sp³-hybridized carbons (Fsp3) is 0.154. The van der Waals surface area contributed by atoms with Crippen molar-refractivity contribution in [3.05, 3.63) is 51.6 Å². The number of benzene rings is 1. The average Bonchev–Trinajstić information content (AvgIpc) is 2.73. The van der Waals surface area contributed by atoms with Gasteiger partial charge in [0.2, 0.25) is 0 Å². The molecule has 0 aliphatic heterocycles. The van der Waals surface area contributed by atoms with Crippen molar-refractivity contribution in [2.45, 2.75) is 13.8 Å². The van der Waals surface area contributed by atoms with E-state index in [9.17, 15) is 9.18 Å². The molecule has 0 aliphatic rings. The Morgan fingerprint density at radius 2 is 2.06 bits per heavy atom.